The number of benzene rings is 2. The van der Waals surface area contributed by atoms with Crippen molar-refractivity contribution in [1.82, 2.24) is 0 Å². The van der Waals surface area contributed by atoms with E-state index in [1.165, 1.54) is 5.56 Å². The maximum atomic E-state index is 6.25. The van der Waals surface area contributed by atoms with Crippen LogP contribution in [0.5, 0.6) is 0 Å². The standard InChI is InChI=1S/C16H15Cl3/c1-16(2,3)11-6-4-10(5-7-11)12-8-9-13(17)15(19)14(12)18/h4-9H,1-3H3. The van der Waals surface area contributed by atoms with Gasteiger partial charge in [-0.25, -0.2) is 0 Å². The molecule has 0 heterocycles. The second-order valence-electron chi connectivity index (χ2n) is 5.55. The highest BCUT2D eigenvalue weighted by Gasteiger charge is 2.14. The minimum absolute atomic E-state index is 0.139. The van der Waals surface area contributed by atoms with E-state index in [1.54, 1.807) is 6.07 Å². The van der Waals surface area contributed by atoms with Gasteiger partial charge in [0.1, 0.15) is 0 Å². The molecule has 0 radical (unpaired) electrons. The monoisotopic (exact) mass is 312 g/mol. The normalized spacial score (nSPS) is 11.7. The lowest BCUT2D eigenvalue weighted by atomic mass is 9.86. The molecule has 0 aliphatic heterocycles. The lowest BCUT2D eigenvalue weighted by Gasteiger charge is -2.19. The minimum Gasteiger partial charge on any atom is -0.0827 e. The summed E-state index contributed by atoms with van der Waals surface area (Å²) in [5.41, 5.74) is 3.36. The minimum atomic E-state index is 0.139. The van der Waals surface area contributed by atoms with Crippen LogP contribution in [0.1, 0.15) is 26.3 Å². The first-order chi connectivity index (χ1) is 8.80. The molecular weight excluding hydrogens is 299 g/mol. The maximum Gasteiger partial charge on any atom is 0.0784 e. The third kappa shape index (κ3) is 3.08. The molecule has 0 saturated carbocycles. The van der Waals surface area contributed by atoms with Crippen molar-refractivity contribution < 1.29 is 0 Å². The zero-order chi connectivity index (χ0) is 14.2. The summed E-state index contributed by atoms with van der Waals surface area (Å²) >= 11 is 18.3. The van der Waals surface area contributed by atoms with Crippen molar-refractivity contribution in [2.24, 2.45) is 0 Å². The summed E-state index contributed by atoms with van der Waals surface area (Å²) in [4.78, 5) is 0. The van der Waals surface area contributed by atoms with Crippen molar-refractivity contribution in [2.75, 3.05) is 0 Å². The Morgan fingerprint density at radius 3 is 1.84 bits per heavy atom. The highest BCUT2D eigenvalue weighted by molar-refractivity contribution is 6.49. The van der Waals surface area contributed by atoms with Crippen LogP contribution in [0.25, 0.3) is 11.1 Å². The van der Waals surface area contributed by atoms with Gasteiger partial charge in [-0.05, 0) is 22.6 Å². The molecule has 0 N–H and O–H groups in total. The Kier molecular flexibility index (Phi) is 4.15. The molecule has 2 rings (SSSR count). The number of halogens is 3. The quantitative estimate of drug-likeness (QED) is 0.519. The van der Waals surface area contributed by atoms with Crippen LogP contribution in [0.2, 0.25) is 15.1 Å². The summed E-state index contributed by atoms with van der Waals surface area (Å²) < 4.78 is 0. The van der Waals surface area contributed by atoms with Gasteiger partial charge in [0, 0.05) is 5.56 Å². The molecule has 0 aromatic heterocycles. The Bertz CT molecular complexity index is 593. The Morgan fingerprint density at radius 2 is 1.32 bits per heavy atom. The highest BCUT2D eigenvalue weighted by Crippen LogP contribution is 2.38. The number of rotatable bonds is 1. The molecule has 0 aliphatic carbocycles. The first-order valence-electron chi connectivity index (χ1n) is 6.05. The lowest BCUT2D eigenvalue weighted by molar-refractivity contribution is 0.590. The van der Waals surface area contributed by atoms with Gasteiger partial charge in [-0.3, -0.25) is 0 Å². The van der Waals surface area contributed by atoms with E-state index in [0.717, 1.165) is 11.1 Å². The Balaban J connectivity index is 2.46. The lowest BCUT2D eigenvalue weighted by Crippen LogP contribution is -2.10. The van der Waals surface area contributed by atoms with Crippen LogP contribution < -0.4 is 0 Å². The smallest absolute Gasteiger partial charge is 0.0784 e. The maximum absolute atomic E-state index is 6.25. The summed E-state index contributed by atoms with van der Waals surface area (Å²) in [7, 11) is 0. The van der Waals surface area contributed by atoms with E-state index in [1.807, 2.05) is 6.07 Å². The van der Waals surface area contributed by atoms with Crippen LogP contribution >= 0.6 is 34.8 Å². The number of hydrogen-bond donors (Lipinski definition) is 0. The van der Waals surface area contributed by atoms with E-state index in [-0.39, 0.29) is 5.41 Å². The second-order valence-corrected chi connectivity index (χ2v) is 6.71. The molecular formula is C16H15Cl3. The average molecular weight is 314 g/mol. The van der Waals surface area contributed by atoms with Crippen molar-refractivity contribution in [3.8, 4) is 11.1 Å². The van der Waals surface area contributed by atoms with Crippen LogP contribution in [0.4, 0.5) is 0 Å². The van der Waals surface area contributed by atoms with E-state index in [0.29, 0.717) is 15.1 Å². The fourth-order valence-electron chi connectivity index (χ4n) is 1.90. The zero-order valence-electron chi connectivity index (χ0n) is 11.1. The van der Waals surface area contributed by atoms with E-state index < -0.39 is 0 Å². The molecule has 3 heteroatoms. The third-order valence-corrected chi connectivity index (χ3v) is 4.39. The van der Waals surface area contributed by atoms with Crippen molar-refractivity contribution in [3.63, 3.8) is 0 Å². The van der Waals surface area contributed by atoms with Crippen molar-refractivity contribution >= 4 is 34.8 Å². The summed E-state index contributed by atoms with van der Waals surface area (Å²) in [5, 5.41) is 1.38. The number of hydrogen-bond acceptors (Lipinski definition) is 0. The Labute approximate surface area is 129 Å². The first kappa shape index (κ1) is 14.7. The predicted molar refractivity (Wildman–Crippen MR) is 85.6 cm³/mol. The largest absolute Gasteiger partial charge is 0.0827 e. The summed E-state index contributed by atoms with van der Waals surface area (Å²) in [6, 6.07) is 12.0. The molecule has 100 valence electrons. The summed E-state index contributed by atoms with van der Waals surface area (Å²) in [6.45, 7) is 6.57. The van der Waals surface area contributed by atoms with Crippen molar-refractivity contribution in [2.45, 2.75) is 26.2 Å². The van der Waals surface area contributed by atoms with Gasteiger partial charge in [0.2, 0.25) is 0 Å². The predicted octanol–water partition coefficient (Wildman–Crippen LogP) is 6.61. The van der Waals surface area contributed by atoms with Gasteiger partial charge >= 0.3 is 0 Å². The molecule has 0 fully saturated rings. The van der Waals surface area contributed by atoms with E-state index in [9.17, 15) is 0 Å². The van der Waals surface area contributed by atoms with Crippen LogP contribution in [-0.2, 0) is 5.41 Å². The van der Waals surface area contributed by atoms with Crippen LogP contribution in [0.3, 0.4) is 0 Å². The summed E-state index contributed by atoms with van der Waals surface area (Å²) in [5.74, 6) is 0. The topological polar surface area (TPSA) is 0 Å². The Morgan fingerprint density at radius 1 is 0.737 bits per heavy atom. The van der Waals surface area contributed by atoms with Crippen molar-refractivity contribution in [1.29, 1.82) is 0 Å². The SMILES string of the molecule is CC(C)(C)c1ccc(-c2ccc(Cl)c(Cl)c2Cl)cc1. The molecule has 0 spiro atoms. The molecule has 0 saturated heterocycles. The second kappa shape index (κ2) is 5.36. The van der Waals surface area contributed by atoms with Gasteiger partial charge in [-0.2, -0.15) is 0 Å². The van der Waals surface area contributed by atoms with Crippen molar-refractivity contribution in [3.05, 3.63) is 57.0 Å². The van der Waals surface area contributed by atoms with E-state index in [2.05, 4.69) is 45.0 Å². The van der Waals surface area contributed by atoms with Gasteiger partial charge < -0.3 is 0 Å². The molecule has 0 aliphatic rings. The van der Waals surface area contributed by atoms with Gasteiger partial charge in [0.25, 0.3) is 0 Å². The van der Waals surface area contributed by atoms with Gasteiger partial charge in [-0.15, -0.1) is 0 Å². The molecule has 0 unspecified atom stereocenters. The first-order valence-corrected chi connectivity index (χ1v) is 7.18. The molecule has 19 heavy (non-hydrogen) atoms. The molecule has 0 bridgehead atoms. The molecule has 2 aromatic rings. The Hall–Kier alpha value is -0.690. The highest BCUT2D eigenvalue weighted by atomic mass is 35.5. The average Bonchev–Trinajstić information content (AvgIpc) is 2.35. The van der Waals surface area contributed by atoms with E-state index >= 15 is 0 Å². The van der Waals surface area contributed by atoms with Gasteiger partial charge in [0.05, 0.1) is 15.1 Å². The van der Waals surface area contributed by atoms with Crippen LogP contribution in [0, 0.1) is 0 Å². The summed E-state index contributed by atoms with van der Waals surface area (Å²) in [6.07, 6.45) is 0. The zero-order valence-corrected chi connectivity index (χ0v) is 13.4. The molecule has 0 amide bonds. The molecule has 0 nitrogen and oxygen atoms in total. The fraction of sp³-hybridized carbons (Fsp3) is 0.250. The van der Waals surface area contributed by atoms with Gasteiger partial charge in [-0.1, -0.05) is 85.9 Å². The van der Waals surface area contributed by atoms with Crippen LogP contribution in [0.15, 0.2) is 36.4 Å². The van der Waals surface area contributed by atoms with E-state index in [4.69, 9.17) is 34.8 Å². The molecule has 2 aromatic carbocycles. The fourth-order valence-corrected chi connectivity index (χ4v) is 2.54. The van der Waals surface area contributed by atoms with Gasteiger partial charge in [0.15, 0.2) is 0 Å². The van der Waals surface area contributed by atoms with Crippen LogP contribution in [-0.4, -0.2) is 0 Å². The molecule has 0 atom stereocenters. The third-order valence-electron chi connectivity index (χ3n) is 3.10.